The third kappa shape index (κ3) is 4.20. The molecule has 0 unspecified atom stereocenters. The van der Waals surface area contributed by atoms with Crippen LogP contribution in [0.1, 0.15) is 18.5 Å². The maximum absolute atomic E-state index is 12.5. The van der Waals surface area contributed by atoms with Crippen molar-refractivity contribution in [2.45, 2.75) is 37.6 Å². The van der Waals surface area contributed by atoms with Crippen molar-refractivity contribution >= 4 is 15.7 Å². The first-order valence-corrected chi connectivity index (χ1v) is 10.1. The van der Waals surface area contributed by atoms with E-state index in [4.69, 9.17) is 0 Å². The highest BCUT2D eigenvalue weighted by molar-refractivity contribution is 7.91. The Morgan fingerprint density at radius 3 is 2.62 bits per heavy atom. The van der Waals surface area contributed by atoms with Gasteiger partial charge in [-0.3, -0.25) is 9.48 Å². The van der Waals surface area contributed by atoms with Gasteiger partial charge in [0.2, 0.25) is 5.91 Å². The average Bonchev–Trinajstić information content (AvgIpc) is 3.01. The van der Waals surface area contributed by atoms with Crippen molar-refractivity contribution in [2.24, 2.45) is 18.9 Å². The summed E-state index contributed by atoms with van der Waals surface area (Å²) in [7, 11) is -1.62. The van der Waals surface area contributed by atoms with Crippen molar-refractivity contribution < 1.29 is 26.4 Å². The van der Waals surface area contributed by atoms with E-state index in [-0.39, 0.29) is 24.3 Å². The Bertz CT molecular complexity index is 771. The normalized spacial score (nSPS) is 30.8. The van der Waals surface area contributed by atoms with Crippen LogP contribution < -0.4 is 10.6 Å². The number of carbonyl (C=O) groups excluding carboxylic acids is 1. The molecule has 0 aromatic carbocycles. The summed E-state index contributed by atoms with van der Waals surface area (Å²) in [4.78, 5) is 12.4. The van der Waals surface area contributed by atoms with E-state index >= 15 is 0 Å². The van der Waals surface area contributed by atoms with Gasteiger partial charge in [-0.1, -0.05) is 0 Å². The number of rotatable bonds is 5. The van der Waals surface area contributed by atoms with Crippen LogP contribution in [-0.2, 0) is 28.2 Å². The highest BCUT2D eigenvalue weighted by Crippen LogP contribution is 2.41. The number of alkyl halides is 3. The molecule has 1 aromatic heterocycles. The van der Waals surface area contributed by atoms with Crippen LogP contribution in [0.25, 0.3) is 0 Å². The second-order valence-electron chi connectivity index (χ2n) is 7.03. The molecule has 11 heteroatoms. The zero-order valence-corrected chi connectivity index (χ0v) is 15.0. The molecule has 3 rings (SSSR count). The van der Waals surface area contributed by atoms with Gasteiger partial charge in [-0.2, -0.15) is 18.3 Å². The van der Waals surface area contributed by atoms with Gasteiger partial charge in [0, 0.05) is 31.9 Å². The van der Waals surface area contributed by atoms with Crippen molar-refractivity contribution in [1.29, 1.82) is 0 Å². The lowest BCUT2D eigenvalue weighted by Crippen LogP contribution is -2.52. The Morgan fingerprint density at radius 2 is 2.04 bits per heavy atom. The summed E-state index contributed by atoms with van der Waals surface area (Å²) in [6.07, 6.45) is -2.94. The van der Waals surface area contributed by atoms with E-state index in [0.29, 0.717) is 6.54 Å². The molecule has 2 atom stereocenters. The van der Waals surface area contributed by atoms with Crippen LogP contribution >= 0.6 is 0 Å². The van der Waals surface area contributed by atoms with Crippen molar-refractivity contribution in [3.05, 3.63) is 18.0 Å². The summed E-state index contributed by atoms with van der Waals surface area (Å²) in [5.41, 5.74) is 0.834. The largest absolute Gasteiger partial charge is 0.391 e. The van der Waals surface area contributed by atoms with Gasteiger partial charge in [0.1, 0.15) is 0 Å². The minimum Gasteiger partial charge on any atom is -0.353 e. The maximum atomic E-state index is 12.5. The summed E-state index contributed by atoms with van der Waals surface area (Å²) < 4.78 is 63.1. The first-order valence-electron chi connectivity index (χ1n) is 8.33. The number of hydrogen-bond acceptors (Lipinski definition) is 5. The predicted octanol–water partition coefficient (Wildman–Crippen LogP) is 0.380. The van der Waals surface area contributed by atoms with E-state index in [1.807, 2.05) is 0 Å². The molecule has 2 N–H and O–H groups in total. The fourth-order valence-electron chi connectivity index (χ4n) is 3.43. The summed E-state index contributed by atoms with van der Waals surface area (Å²) in [5, 5.41) is 9.66. The third-order valence-corrected chi connectivity index (χ3v) is 6.84. The summed E-state index contributed by atoms with van der Waals surface area (Å²) in [5.74, 6) is -3.16. The molecule has 0 bridgehead atoms. The fourth-order valence-corrected chi connectivity index (χ4v) is 5.39. The standard InChI is InChI=1S/C15H21F3N4O3S/c1-22-11(2-3-20-22)6-19-13-8-26(24,25)7-12(13)14(23)21-10-4-9(5-10)15(16,17)18/h2-3,9-10,12-13,19H,4-8H2,1H3,(H,21,23)/t9?,10?,12-,13-/m1/s1. The van der Waals surface area contributed by atoms with Crippen molar-refractivity contribution in [3.63, 3.8) is 0 Å². The molecule has 1 saturated heterocycles. The van der Waals surface area contributed by atoms with E-state index in [1.165, 1.54) is 0 Å². The Labute approximate surface area is 149 Å². The lowest BCUT2D eigenvalue weighted by Gasteiger charge is -2.37. The highest BCUT2D eigenvalue weighted by atomic mass is 32.2. The maximum Gasteiger partial charge on any atom is 0.391 e. The Hall–Kier alpha value is -1.62. The molecule has 2 fully saturated rings. The summed E-state index contributed by atoms with van der Waals surface area (Å²) in [6.45, 7) is 0.347. The van der Waals surface area contributed by atoms with Gasteiger partial charge in [0.25, 0.3) is 0 Å². The Balaban J connectivity index is 1.57. The molecular weight excluding hydrogens is 373 g/mol. The van der Waals surface area contributed by atoms with Gasteiger partial charge < -0.3 is 10.6 Å². The minimum atomic E-state index is -4.24. The molecule has 0 radical (unpaired) electrons. The number of carbonyl (C=O) groups is 1. The molecule has 1 amide bonds. The number of halogens is 3. The van der Waals surface area contributed by atoms with Crippen LogP contribution in [0.5, 0.6) is 0 Å². The van der Waals surface area contributed by atoms with E-state index in [9.17, 15) is 26.4 Å². The number of aryl methyl sites for hydroxylation is 1. The van der Waals surface area contributed by atoms with Gasteiger partial charge in [-0.15, -0.1) is 0 Å². The van der Waals surface area contributed by atoms with Gasteiger partial charge >= 0.3 is 6.18 Å². The van der Waals surface area contributed by atoms with Crippen molar-refractivity contribution in [3.8, 4) is 0 Å². The molecule has 1 saturated carbocycles. The smallest absolute Gasteiger partial charge is 0.353 e. The molecule has 2 heterocycles. The van der Waals surface area contributed by atoms with E-state index in [2.05, 4.69) is 15.7 Å². The van der Waals surface area contributed by atoms with Crippen LogP contribution in [0.2, 0.25) is 0 Å². The average molecular weight is 394 g/mol. The topological polar surface area (TPSA) is 93.1 Å². The first-order chi connectivity index (χ1) is 12.0. The molecule has 1 aliphatic carbocycles. The number of hydrogen-bond donors (Lipinski definition) is 2. The third-order valence-electron chi connectivity index (χ3n) is 5.10. The minimum absolute atomic E-state index is 0.151. The number of nitrogens with one attached hydrogen (secondary N) is 2. The van der Waals surface area contributed by atoms with E-state index in [0.717, 1.165) is 5.69 Å². The molecular formula is C15H21F3N4O3S. The van der Waals surface area contributed by atoms with Crippen molar-refractivity contribution in [1.82, 2.24) is 20.4 Å². The summed E-state index contributed by atoms with van der Waals surface area (Å²) in [6, 6.07) is 0.653. The molecule has 1 aliphatic heterocycles. The lowest BCUT2D eigenvalue weighted by atomic mass is 9.79. The van der Waals surface area contributed by atoms with Gasteiger partial charge in [-0.25, -0.2) is 8.42 Å². The number of nitrogens with zero attached hydrogens (tertiary/aromatic N) is 2. The van der Waals surface area contributed by atoms with Crippen molar-refractivity contribution in [2.75, 3.05) is 11.5 Å². The van der Waals surface area contributed by atoms with Crippen LogP contribution in [0.4, 0.5) is 13.2 Å². The predicted molar refractivity (Wildman–Crippen MR) is 86.7 cm³/mol. The lowest BCUT2D eigenvalue weighted by molar-refractivity contribution is -0.199. The van der Waals surface area contributed by atoms with Gasteiger partial charge in [-0.05, 0) is 18.9 Å². The number of aromatic nitrogens is 2. The zero-order chi connectivity index (χ0) is 19.1. The Morgan fingerprint density at radius 1 is 1.35 bits per heavy atom. The van der Waals surface area contributed by atoms with Gasteiger partial charge in [0.05, 0.1) is 29.0 Å². The highest BCUT2D eigenvalue weighted by Gasteiger charge is 2.49. The monoisotopic (exact) mass is 394 g/mol. The van der Waals surface area contributed by atoms with Crippen LogP contribution in [0, 0.1) is 11.8 Å². The molecule has 0 spiro atoms. The first kappa shape index (κ1) is 19.2. The van der Waals surface area contributed by atoms with Crippen LogP contribution in [-0.4, -0.2) is 53.9 Å². The van der Waals surface area contributed by atoms with E-state index < -0.39 is 45.8 Å². The molecule has 146 valence electrons. The number of sulfone groups is 1. The summed E-state index contributed by atoms with van der Waals surface area (Å²) >= 11 is 0. The quantitative estimate of drug-likeness (QED) is 0.753. The molecule has 26 heavy (non-hydrogen) atoms. The number of amides is 1. The van der Waals surface area contributed by atoms with Gasteiger partial charge in [0.15, 0.2) is 9.84 Å². The molecule has 2 aliphatic rings. The second-order valence-corrected chi connectivity index (χ2v) is 9.19. The zero-order valence-electron chi connectivity index (χ0n) is 14.2. The Kier molecular flexibility index (Phi) is 5.04. The van der Waals surface area contributed by atoms with Crippen LogP contribution in [0.15, 0.2) is 12.3 Å². The molecule has 7 nitrogen and oxygen atoms in total. The molecule has 1 aromatic rings. The SMILES string of the molecule is Cn1nccc1CN[C@@H]1CS(=O)(=O)C[C@H]1C(=O)NC1CC(C(F)(F)F)C1. The fraction of sp³-hybridized carbons (Fsp3) is 0.733. The van der Waals surface area contributed by atoms with Crippen LogP contribution in [0.3, 0.4) is 0 Å². The second kappa shape index (κ2) is 6.84. The van der Waals surface area contributed by atoms with E-state index in [1.54, 1.807) is 24.0 Å².